The van der Waals surface area contributed by atoms with Gasteiger partial charge in [-0.2, -0.15) is 0 Å². The highest BCUT2D eigenvalue weighted by Gasteiger charge is 2.76. The van der Waals surface area contributed by atoms with Gasteiger partial charge in [-0.3, -0.25) is 14.4 Å². The predicted octanol–water partition coefficient (Wildman–Crippen LogP) is 3.93. The van der Waals surface area contributed by atoms with Gasteiger partial charge < -0.3 is 23.9 Å². The Morgan fingerprint density at radius 1 is 0.850 bits per heavy atom. The number of hydrogen-bond acceptors (Lipinski definition) is 10. The van der Waals surface area contributed by atoms with Gasteiger partial charge in [0.1, 0.15) is 22.9 Å². The molecule has 0 spiro atoms. The minimum Gasteiger partial charge on any atom is -0.508 e. The van der Waals surface area contributed by atoms with Crippen molar-refractivity contribution < 1.29 is 50.9 Å². The molecule has 3 aromatic carbocycles. The third-order valence-electron chi connectivity index (χ3n) is 11.3. The summed E-state index contributed by atoms with van der Waals surface area (Å²) in [5.41, 5.74) is -4.00. The van der Waals surface area contributed by atoms with E-state index in [-0.39, 0.29) is 40.4 Å². The van der Waals surface area contributed by atoms with Gasteiger partial charge in [0.25, 0.3) is 17.4 Å². The zero-order valence-corrected chi connectivity index (χ0v) is 33.0. The second-order valence-corrected chi connectivity index (χ2v) is 15.4. The number of allylic oxidation sites excluding steroid dienone is 2. The standard InChI is InChI=1S/C38H29Cl2F5N6O9/c1-47-18-13-23(60-4)22(59-3)12-17(18)46-16(32(47)53)9-10-48-35(56)49-11-8-15-19(51(49)36(48)57)14-37(39)33(54)50(31-29(44)27(42)26(41)28(43)30(31)45)34(55)38(37,40)25(15)24-20(52)6-5-7-21(24)58-2/h5-8,12-13,19,25,52H,9-11,14H2,1-4H3. The molecule has 0 bridgehead atoms. The van der Waals surface area contributed by atoms with Gasteiger partial charge in [0, 0.05) is 50.0 Å². The van der Waals surface area contributed by atoms with Gasteiger partial charge in [0.05, 0.1) is 44.9 Å². The smallest absolute Gasteiger partial charge is 0.347 e. The van der Waals surface area contributed by atoms with Crippen LogP contribution in [0.3, 0.4) is 0 Å². The molecule has 4 unspecified atom stereocenters. The molecule has 4 heterocycles. The normalized spacial score (nSPS) is 22.1. The molecule has 60 heavy (non-hydrogen) atoms. The van der Waals surface area contributed by atoms with Crippen molar-refractivity contribution in [2.75, 3.05) is 26.2 Å². The van der Waals surface area contributed by atoms with Crippen LogP contribution in [0, 0.1) is 29.1 Å². The number of nitrogens with zero attached hydrogens (tertiary/aromatic N) is 6. The molecule has 0 radical (unpaired) electrons. The molecule has 8 rings (SSSR count). The maximum atomic E-state index is 15.4. The maximum Gasteiger partial charge on any atom is 0.347 e. The first kappa shape index (κ1) is 40.6. The Balaban J connectivity index is 1.27. The first-order valence-electron chi connectivity index (χ1n) is 17.8. The van der Waals surface area contributed by atoms with Gasteiger partial charge in [0.2, 0.25) is 5.82 Å². The van der Waals surface area contributed by atoms with E-state index in [9.17, 15) is 42.3 Å². The summed E-state index contributed by atoms with van der Waals surface area (Å²) < 4.78 is 94.1. The van der Waals surface area contributed by atoms with Gasteiger partial charge in [-0.05, 0) is 17.7 Å². The van der Waals surface area contributed by atoms with E-state index in [2.05, 4.69) is 4.98 Å². The van der Waals surface area contributed by atoms with Crippen molar-refractivity contribution in [3.05, 3.63) is 114 Å². The lowest BCUT2D eigenvalue weighted by atomic mass is 9.64. The molecule has 1 saturated heterocycles. The third-order valence-corrected chi connectivity index (χ3v) is 12.8. The Bertz CT molecular complexity index is 2940. The number of aromatic hydroxyl groups is 1. The van der Waals surface area contributed by atoms with Gasteiger partial charge >= 0.3 is 11.4 Å². The molecule has 2 amide bonds. The van der Waals surface area contributed by atoms with E-state index in [4.69, 9.17) is 37.4 Å². The summed E-state index contributed by atoms with van der Waals surface area (Å²) in [6, 6.07) is 5.45. The molecular weight excluding hydrogens is 850 g/mol. The number of aryl methyl sites for hydroxylation is 2. The average Bonchev–Trinajstić information content (AvgIpc) is 3.56. The number of benzene rings is 3. The van der Waals surface area contributed by atoms with Crippen LogP contribution in [0.25, 0.3) is 11.0 Å². The van der Waals surface area contributed by atoms with Crippen molar-refractivity contribution in [2.45, 2.75) is 47.6 Å². The third kappa shape index (κ3) is 5.25. The quantitative estimate of drug-likeness (QED) is 0.0603. The lowest BCUT2D eigenvalue weighted by Crippen LogP contribution is -2.59. The van der Waals surface area contributed by atoms with Crippen molar-refractivity contribution in [1.29, 1.82) is 0 Å². The first-order valence-corrected chi connectivity index (χ1v) is 18.5. The zero-order chi connectivity index (χ0) is 43.5. The fourth-order valence-corrected chi connectivity index (χ4v) is 9.37. The molecule has 2 aliphatic heterocycles. The molecule has 2 aromatic heterocycles. The summed E-state index contributed by atoms with van der Waals surface area (Å²) in [5, 5.41) is 11.3. The van der Waals surface area contributed by atoms with Crippen LogP contribution in [0.5, 0.6) is 23.0 Å². The number of imide groups is 1. The number of carbonyl (C=O) groups excluding carboxylic acids is 2. The van der Waals surface area contributed by atoms with Crippen LogP contribution >= 0.6 is 23.2 Å². The summed E-state index contributed by atoms with van der Waals surface area (Å²) in [4.78, 5) is 69.1. The van der Waals surface area contributed by atoms with Crippen LogP contribution in [0.15, 0.2) is 56.4 Å². The number of ether oxygens (including phenoxy) is 3. The van der Waals surface area contributed by atoms with Crippen LogP contribution in [-0.4, -0.2) is 71.5 Å². The highest BCUT2D eigenvalue weighted by Crippen LogP contribution is 2.65. The van der Waals surface area contributed by atoms with E-state index in [0.29, 0.717) is 22.5 Å². The van der Waals surface area contributed by atoms with Crippen molar-refractivity contribution in [3.8, 4) is 23.0 Å². The number of anilines is 1. The number of phenols is 1. The Morgan fingerprint density at radius 3 is 2.10 bits per heavy atom. The van der Waals surface area contributed by atoms with Crippen molar-refractivity contribution in [1.82, 2.24) is 23.5 Å². The average molecular weight is 880 g/mol. The number of halogens is 7. The van der Waals surface area contributed by atoms with Gasteiger partial charge in [-0.25, -0.2) is 55.4 Å². The van der Waals surface area contributed by atoms with E-state index >= 15 is 8.78 Å². The van der Waals surface area contributed by atoms with Crippen LogP contribution in [-0.2, 0) is 36.1 Å². The topological polar surface area (TPSA) is 169 Å². The SMILES string of the molecule is COc1cc2nc(CCn3c(=O)n4n(c3=O)C3CC5(Cl)C(=O)N(c6c(F)c(F)c(F)c(F)c6F)C(=O)C5(Cl)C(c5c(O)cccc5OC)C3=CC4)c(=O)n(C)c2cc1OC. The number of methoxy groups -OCH3 is 3. The minimum atomic E-state index is -2.91. The second kappa shape index (κ2) is 14.0. The van der Waals surface area contributed by atoms with Crippen LogP contribution in [0.1, 0.15) is 29.6 Å². The van der Waals surface area contributed by atoms with E-state index in [1.165, 1.54) is 51.2 Å². The van der Waals surface area contributed by atoms with Crippen LogP contribution < -0.4 is 36.0 Å². The molecule has 5 aromatic rings. The lowest BCUT2D eigenvalue weighted by Gasteiger charge is -2.49. The number of fused-ring (bicyclic) bond motifs is 5. The molecular formula is C38H29Cl2F5N6O9. The number of alkyl halides is 2. The van der Waals surface area contributed by atoms with E-state index in [1.54, 1.807) is 12.1 Å². The first-order chi connectivity index (χ1) is 28.4. The van der Waals surface area contributed by atoms with Gasteiger partial charge in [-0.1, -0.05) is 12.1 Å². The van der Waals surface area contributed by atoms with Crippen molar-refractivity contribution >= 4 is 51.7 Å². The number of aromatic nitrogens is 5. The fourth-order valence-electron chi connectivity index (χ4n) is 8.48. The molecule has 3 aliphatic rings. The summed E-state index contributed by atoms with van der Waals surface area (Å²) in [7, 11) is 5.51. The highest BCUT2D eigenvalue weighted by atomic mass is 35.5. The maximum absolute atomic E-state index is 15.4. The molecule has 22 heteroatoms. The molecule has 15 nitrogen and oxygen atoms in total. The number of carbonyl (C=O) groups is 2. The highest BCUT2D eigenvalue weighted by molar-refractivity contribution is 6.58. The molecule has 1 aliphatic carbocycles. The fraction of sp³-hybridized carbons (Fsp3) is 0.316. The molecule has 4 atom stereocenters. The molecule has 314 valence electrons. The zero-order valence-electron chi connectivity index (χ0n) is 31.5. The largest absolute Gasteiger partial charge is 0.508 e. The lowest BCUT2D eigenvalue weighted by molar-refractivity contribution is -0.122. The summed E-state index contributed by atoms with van der Waals surface area (Å²) in [6.45, 7) is -0.788. The van der Waals surface area contributed by atoms with E-state index in [1.807, 2.05) is 0 Å². The van der Waals surface area contributed by atoms with Crippen molar-refractivity contribution in [3.63, 3.8) is 0 Å². The van der Waals surface area contributed by atoms with E-state index in [0.717, 1.165) is 20.0 Å². The van der Waals surface area contributed by atoms with Crippen molar-refractivity contribution in [2.24, 2.45) is 7.05 Å². The Kier molecular flexibility index (Phi) is 9.46. The second-order valence-electron chi connectivity index (χ2n) is 14.1. The number of phenolic OH excluding ortho intramolecular Hbond substituents is 1. The molecule has 1 N–H and O–H groups in total. The predicted molar refractivity (Wildman–Crippen MR) is 202 cm³/mol. The Labute approximate surface area is 342 Å². The summed E-state index contributed by atoms with van der Waals surface area (Å²) in [5.74, 6) is -18.0. The number of hydrogen-bond donors (Lipinski definition) is 1. The Hall–Kier alpha value is -6.15. The van der Waals surface area contributed by atoms with Gasteiger partial charge in [-0.15, -0.1) is 23.2 Å². The minimum absolute atomic E-state index is 0.00447. The van der Waals surface area contributed by atoms with Gasteiger partial charge in [0.15, 0.2) is 44.5 Å². The summed E-state index contributed by atoms with van der Waals surface area (Å²) >= 11 is 14.3. The number of rotatable bonds is 8. The van der Waals surface area contributed by atoms with Crippen LogP contribution in [0.2, 0.25) is 0 Å². The molecule has 1 saturated carbocycles. The summed E-state index contributed by atoms with van der Waals surface area (Å²) in [6.07, 6.45) is 0.259. The van der Waals surface area contributed by atoms with E-state index < -0.39 is 104 Å². The number of amides is 2. The molecule has 2 fully saturated rings. The Morgan fingerprint density at radius 2 is 1.47 bits per heavy atom. The monoisotopic (exact) mass is 878 g/mol. The van der Waals surface area contributed by atoms with Crippen LogP contribution in [0.4, 0.5) is 27.6 Å².